The summed E-state index contributed by atoms with van der Waals surface area (Å²) in [7, 11) is 0. The molecule has 1 saturated heterocycles. The first-order chi connectivity index (χ1) is 20.6. The zero-order valence-electron chi connectivity index (χ0n) is 24.2. The lowest BCUT2D eigenvalue weighted by atomic mass is 9.98. The van der Waals surface area contributed by atoms with E-state index in [1.807, 2.05) is 48.5 Å². The van der Waals surface area contributed by atoms with Crippen molar-refractivity contribution < 1.29 is 28.6 Å². The molecule has 2 heterocycles. The molecule has 0 spiro atoms. The quantitative estimate of drug-likeness (QED) is 0.230. The summed E-state index contributed by atoms with van der Waals surface area (Å²) in [5.74, 6) is -0.929. The van der Waals surface area contributed by atoms with Gasteiger partial charge in [0, 0.05) is 35.0 Å². The fourth-order valence-electron chi connectivity index (χ4n) is 5.57. The number of nitrogens with zero attached hydrogens (tertiary/aromatic N) is 2. The Bertz CT molecular complexity index is 1830. The van der Waals surface area contributed by atoms with E-state index in [9.17, 15) is 19.5 Å². The van der Waals surface area contributed by atoms with Crippen LogP contribution in [0.15, 0.2) is 95.4 Å². The first kappa shape index (κ1) is 28.0. The monoisotopic (exact) mass is 576 g/mol. The van der Waals surface area contributed by atoms with Gasteiger partial charge in [-0.05, 0) is 55.7 Å². The van der Waals surface area contributed by atoms with Crippen LogP contribution >= 0.6 is 0 Å². The largest absolute Gasteiger partial charge is 0.465 e. The number of benzene rings is 4. The van der Waals surface area contributed by atoms with Crippen molar-refractivity contribution in [1.29, 1.82) is 0 Å². The standard InChI is InChI=1S/C35H32N2O6/c1-35(2,3)43-33(39)29-21-36(19-20-37(29)34(40)41)32(38)25-17-13-23(14-18-25)22-11-15-24(16-12-22)26-8-6-9-28-27-7-4-5-10-30(27)42-31(26)28/h4-18,29H,19-21H2,1-3H3,(H,40,41). The van der Waals surface area contributed by atoms with Gasteiger partial charge >= 0.3 is 12.1 Å². The molecule has 8 nitrogen and oxygen atoms in total. The lowest BCUT2D eigenvalue weighted by molar-refractivity contribution is -0.162. The lowest BCUT2D eigenvalue weighted by Gasteiger charge is -2.39. The topological polar surface area (TPSA) is 100 Å². The van der Waals surface area contributed by atoms with Crippen LogP contribution in [0.2, 0.25) is 0 Å². The highest BCUT2D eigenvalue weighted by molar-refractivity contribution is 6.09. The highest BCUT2D eigenvalue weighted by Crippen LogP contribution is 2.36. The van der Waals surface area contributed by atoms with Gasteiger partial charge < -0.3 is 19.2 Å². The fraction of sp³-hybridized carbons (Fsp3) is 0.229. The first-order valence-corrected chi connectivity index (χ1v) is 14.2. The Morgan fingerprint density at radius 3 is 2.09 bits per heavy atom. The number of fused-ring (bicyclic) bond motifs is 3. The summed E-state index contributed by atoms with van der Waals surface area (Å²) >= 11 is 0. The van der Waals surface area contributed by atoms with Crippen molar-refractivity contribution in [3.05, 3.63) is 96.6 Å². The summed E-state index contributed by atoms with van der Waals surface area (Å²) in [6, 6.07) is 28.6. The molecule has 0 saturated carbocycles. The van der Waals surface area contributed by atoms with Crippen LogP contribution in [0.3, 0.4) is 0 Å². The van der Waals surface area contributed by atoms with Gasteiger partial charge in [0.15, 0.2) is 6.04 Å². The molecule has 8 heteroatoms. The summed E-state index contributed by atoms with van der Waals surface area (Å²) in [6.45, 7) is 5.30. The molecule has 0 radical (unpaired) electrons. The summed E-state index contributed by atoms with van der Waals surface area (Å²) in [5.41, 5.74) is 5.42. The Balaban J connectivity index is 1.19. The fourth-order valence-corrected chi connectivity index (χ4v) is 5.57. The van der Waals surface area contributed by atoms with Gasteiger partial charge in [-0.2, -0.15) is 0 Å². The highest BCUT2D eigenvalue weighted by Gasteiger charge is 2.39. The average molecular weight is 577 g/mol. The number of hydrogen-bond acceptors (Lipinski definition) is 5. The lowest BCUT2D eigenvalue weighted by Crippen LogP contribution is -2.60. The highest BCUT2D eigenvalue weighted by atomic mass is 16.6. The van der Waals surface area contributed by atoms with Crippen LogP contribution < -0.4 is 0 Å². The smallest absolute Gasteiger partial charge is 0.408 e. The van der Waals surface area contributed by atoms with E-state index in [1.54, 1.807) is 32.9 Å². The van der Waals surface area contributed by atoms with E-state index < -0.39 is 23.7 Å². The number of esters is 1. The molecule has 43 heavy (non-hydrogen) atoms. The third kappa shape index (κ3) is 5.56. The second kappa shape index (κ2) is 10.9. The number of carbonyl (C=O) groups is 3. The maximum atomic E-state index is 13.3. The van der Waals surface area contributed by atoms with Crippen molar-refractivity contribution in [3.8, 4) is 22.3 Å². The summed E-state index contributed by atoms with van der Waals surface area (Å²) in [5, 5.41) is 11.8. The predicted molar refractivity (Wildman–Crippen MR) is 165 cm³/mol. The predicted octanol–water partition coefficient (Wildman–Crippen LogP) is 7.07. The maximum Gasteiger partial charge on any atom is 0.408 e. The van der Waals surface area contributed by atoms with Crippen LogP contribution in [0, 0.1) is 0 Å². The number of hydrogen-bond donors (Lipinski definition) is 1. The van der Waals surface area contributed by atoms with Crippen LogP contribution in [-0.4, -0.2) is 64.2 Å². The van der Waals surface area contributed by atoms with Gasteiger partial charge in [0.05, 0.1) is 6.54 Å². The van der Waals surface area contributed by atoms with E-state index >= 15 is 0 Å². The van der Waals surface area contributed by atoms with Crippen molar-refractivity contribution in [1.82, 2.24) is 9.80 Å². The van der Waals surface area contributed by atoms with Crippen LogP contribution in [0.5, 0.6) is 0 Å². The van der Waals surface area contributed by atoms with Gasteiger partial charge in [-0.3, -0.25) is 9.69 Å². The third-order valence-electron chi connectivity index (χ3n) is 7.66. The number of carboxylic acid groups (broad SMARTS) is 1. The normalized spacial score (nSPS) is 15.6. The molecule has 1 aromatic heterocycles. The molecule has 1 unspecified atom stereocenters. The van der Waals surface area contributed by atoms with E-state index in [4.69, 9.17) is 9.15 Å². The zero-order valence-corrected chi connectivity index (χ0v) is 24.2. The Morgan fingerprint density at radius 2 is 1.42 bits per heavy atom. The second-order valence-corrected chi connectivity index (χ2v) is 11.7. The minimum Gasteiger partial charge on any atom is -0.465 e. The van der Waals surface area contributed by atoms with Crippen molar-refractivity contribution in [3.63, 3.8) is 0 Å². The Hall–Kier alpha value is -5.11. The van der Waals surface area contributed by atoms with Crippen LogP contribution in [0.4, 0.5) is 4.79 Å². The molecule has 1 fully saturated rings. The maximum absolute atomic E-state index is 13.3. The van der Waals surface area contributed by atoms with Crippen molar-refractivity contribution in [2.75, 3.05) is 19.6 Å². The number of piperazine rings is 1. The molecule has 218 valence electrons. The van der Waals surface area contributed by atoms with Crippen molar-refractivity contribution in [2.24, 2.45) is 0 Å². The molecule has 0 aliphatic carbocycles. The van der Waals surface area contributed by atoms with Crippen LogP contribution in [0.1, 0.15) is 31.1 Å². The van der Waals surface area contributed by atoms with Crippen LogP contribution in [0.25, 0.3) is 44.2 Å². The number of carbonyl (C=O) groups excluding carboxylic acids is 2. The molecule has 5 aromatic rings. The molecule has 0 bridgehead atoms. The second-order valence-electron chi connectivity index (χ2n) is 11.7. The summed E-state index contributed by atoms with van der Waals surface area (Å²) in [4.78, 5) is 40.4. The number of rotatable bonds is 4. The number of amides is 2. The molecular formula is C35H32N2O6. The molecule has 1 atom stereocenters. The van der Waals surface area contributed by atoms with E-state index in [-0.39, 0.29) is 25.5 Å². The third-order valence-corrected chi connectivity index (χ3v) is 7.66. The molecule has 4 aromatic carbocycles. The van der Waals surface area contributed by atoms with Crippen molar-refractivity contribution in [2.45, 2.75) is 32.4 Å². The van der Waals surface area contributed by atoms with Gasteiger partial charge in [-0.1, -0.05) is 72.8 Å². The first-order valence-electron chi connectivity index (χ1n) is 14.2. The van der Waals surface area contributed by atoms with Crippen LogP contribution in [-0.2, 0) is 9.53 Å². The van der Waals surface area contributed by atoms with Gasteiger partial charge in [-0.25, -0.2) is 9.59 Å². The summed E-state index contributed by atoms with van der Waals surface area (Å²) in [6.07, 6.45) is -1.22. The Labute approximate surface area is 249 Å². The molecule has 2 amide bonds. The molecule has 1 N–H and O–H groups in total. The van der Waals surface area contributed by atoms with E-state index in [0.717, 1.165) is 49.1 Å². The number of para-hydroxylation sites is 2. The van der Waals surface area contributed by atoms with Crippen molar-refractivity contribution >= 4 is 39.9 Å². The van der Waals surface area contributed by atoms with Gasteiger partial charge in [0.2, 0.25) is 0 Å². The van der Waals surface area contributed by atoms with E-state index in [0.29, 0.717) is 5.56 Å². The molecule has 1 aliphatic rings. The molecular weight excluding hydrogens is 544 g/mol. The average Bonchev–Trinajstić information content (AvgIpc) is 3.39. The minimum absolute atomic E-state index is 0.0250. The molecule has 1 aliphatic heterocycles. The van der Waals surface area contributed by atoms with E-state index in [2.05, 4.69) is 30.3 Å². The number of furan rings is 1. The van der Waals surface area contributed by atoms with E-state index in [1.165, 1.54) is 4.90 Å². The van der Waals surface area contributed by atoms with Gasteiger partial charge in [0.25, 0.3) is 5.91 Å². The zero-order chi connectivity index (χ0) is 30.3. The number of ether oxygens (including phenoxy) is 1. The minimum atomic E-state index is -1.22. The van der Waals surface area contributed by atoms with Gasteiger partial charge in [0.1, 0.15) is 16.8 Å². The summed E-state index contributed by atoms with van der Waals surface area (Å²) < 4.78 is 11.6. The SMILES string of the molecule is CC(C)(C)OC(=O)C1CN(C(=O)c2ccc(-c3ccc(-c4cccc5c4oc4ccccc45)cc3)cc2)CCN1C(=O)O. The van der Waals surface area contributed by atoms with Gasteiger partial charge in [-0.15, -0.1) is 0 Å². The Morgan fingerprint density at radius 1 is 0.791 bits per heavy atom. The molecule has 6 rings (SSSR count). The Kier molecular flexibility index (Phi) is 7.13.